The van der Waals surface area contributed by atoms with Crippen LogP contribution in [-0.2, 0) is 6.42 Å². The smallest absolute Gasteiger partial charge is 0.335 e. The molecule has 0 spiro atoms. The van der Waals surface area contributed by atoms with Crippen molar-refractivity contribution >= 4 is 11.7 Å². The summed E-state index contributed by atoms with van der Waals surface area (Å²) in [7, 11) is 0. The highest BCUT2D eigenvalue weighted by molar-refractivity contribution is 5.89. The summed E-state index contributed by atoms with van der Waals surface area (Å²) in [5.74, 6) is -0.877. The van der Waals surface area contributed by atoms with Crippen molar-refractivity contribution in [3.8, 4) is 0 Å². The number of aromatic carboxylic acids is 1. The molecule has 0 unspecified atom stereocenters. The predicted octanol–water partition coefficient (Wildman–Crippen LogP) is 0.706. The molecule has 1 aromatic rings. The van der Waals surface area contributed by atoms with E-state index < -0.39 is 5.97 Å². The van der Waals surface area contributed by atoms with Gasteiger partial charge in [-0.15, -0.1) is 0 Å². The lowest BCUT2D eigenvalue weighted by molar-refractivity contribution is 0.0697. The van der Waals surface area contributed by atoms with Crippen LogP contribution in [0.2, 0.25) is 0 Å². The molecule has 0 amide bonds. The average molecular weight is 206 g/mol. The van der Waals surface area contributed by atoms with E-state index in [4.69, 9.17) is 10.8 Å². The Labute approximate surface area is 88.3 Å². The summed E-state index contributed by atoms with van der Waals surface area (Å²) in [6.45, 7) is 2.32. The molecule has 0 radical (unpaired) electrons. The lowest BCUT2D eigenvalue weighted by Gasteiger charge is -2.18. The third kappa shape index (κ3) is 1.80. The van der Waals surface area contributed by atoms with Crippen LogP contribution in [0.15, 0.2) is 18.2 Å². The Balaban J connectivity index is 2.33. The van der Waals surface area contributed by atoms with E-state index in [0.717, 1.165) is 25.2 Å². The molecular weight excluding hydrogens is 192 g/mol. The third-order valence-corrected chi connectivity index (χ3v) is 2.72. The maximum Gasteiger partial charge on any atom is 0.335 e. The number of hydrogen-bond acceptors (Lipinski definition) is 3. The fourth-order valence-electron chi connectivity index (χ4n) is 1.97. The fraction of sp³-hybridized carbons (Fsp3) is 0.364. The van der Waals surface area contributed by atoms with Gasteiger partial charge in [0, 0.05) is 25.3 Å². The number of anilines is 1. The first kappa shape index (κ1) is 9.98. The first-order chi connectivity index (χ1) is 7.22. The maximum atomic E-state index is 10.8. The predicted molar refractivity (Wildman–Crippen MR) is 58.4 cm³/mol. The van der Waals surface area contributed by atoms with Crippen LogP contribution < -0.4 is 10.6 Å². The highest BCUT2D eigenvalue weighted by Gasteiger charge is 2.19. The molecule has 0 fully saturated rings. The standard InChI is InChI=1S/C11H14N2O2/c12-4-6-13-5-3-8-1-2-9(11(14)15)7-10(8)13/h1-2,7H,3-6,12H2,(H,14,15). The van der Waals surface area contributed by atoms with Gasteiger partial charge in [-0.3, -0.25) is 0 Å². The van der Waals surface area contributed by atoms with Gasteiger partial charge in [-0.2, -0.15) is 0 Å². The zero-order valence-corrected chi connectivity index (χ0v) is 8.44. The highest BCUT2D eigenvalue weighted by Crippen LogP contribution is 2.28. The SMILES string of the molecule is NCCN1CCc2ccc(C(=O)O)cc21. The van der Waals surface area contributed by atoms with Crippen molar-refractivity contribution in [1.82, 2.24) is 0 Å². The first-order valence-electron chi connectivity index (χ1n) is 5.03. The molecule has 3 N–H and O–H groups in total. The van der Waals surface area contributed by atoms with Crippen LogP contribution in [0, 0.1) is 0 Å². The maximum absolute atomic E-state index is 10.8. The van der Waals surface area contributed by atoms with E-state index >= 15 is 0 Å². The van der Waals surface area contributed by atoms with Crippen molar-refractivity contribution in [2.45, 2.75) is 6.42 Å². The topological polar surface area (TPSA) is 66.6 Å². The number of benzene rings is 1. The van der Waals surface area contributed by atoms with Gasteiger partial charge in [0.1, 0.15) is 0 Å². The Bertz CT molecular complexity index is 388. The number of rotatable bonds is 3. The largest absolute Gasteiger partial charge is 0.478 e. The summed E-state index contributed by atoms with van der Waals surface area (Å²) in [5.41, 5.74) is 8.09. The molecule has 1 aromatic carbocycles. The normalized spacial score (nSPS) is 14.1. The van der Waals surface area contributed by atoms with Gasteiger partial charge in [0.05, 0.1) is 5.56 Å². The number of carboxylic acids is 1. The lowest BCUT2D eigenvalue weighted by atomic mass is 10.1. The van der Waals surface area contributed by atoms with Crippen LogP contribution in [0.25, 0.3) is 0 Å². The Morgan fingerprint density at radius 1 is 1.53 bits per heavy atom. The number of hydrogen-bond donors (Lipinski definition) is 2. The molecule has 0 atom stereocenters. The molecule has 4 nitrogen and oxygen atoms in total. The van der Waals surface area contributed by atoms with E-state index in [1.54, 1.807) is 12.1 Å². The van der Waals surface area contributed by atoms with Crippen molar-refractivity contribution in [3.63, 3.8) is 0 Å². The third-order valence-electron chi connectivity index (χ3n) is 2.72. The summed E-state index contributed by atoms with van der Waals surface area (Å²) >= 11 is 0. The number of carboxylic acid groups (broad SMARTS) is 1. The fourth-order valence-corrected chi connectivity index (χ4v) is 1.97. The van der Waals surface area contributed by atoms with E-state index in [1.807, 2.05) is 6.07 Å². The molecule has 0 aliphatic carbocycles. The van der Waals surface area contributed by atoms with Crippen LogP contribution in [0.5, 0.6) is 0 Å². The molecule has 0 aromatic heterocycles. The Hall–Kier alpha value is -1.55. The zero-order valence-electron chi connectivity index (χ0n) is 8.44. The second-order valence-electron chi connectivity index (χ2n) is 3.67. The van der Waals surface area contributed by atoms with Crippen molar-refractivity contribution in [1.29, 1.82) is 0 Å². The molecule has 4 heteroatoms. The molecular formula is C11H14N2O2. The molecule has 1 aliphatic heterocycles. The minimum absolute atomic E-state index is 0.345. The van der Waals surface area contributed by atoms with Gasteiger partial charge in [0.15, 0.2) is 0 Å². The van der Waals surface area contributed by atoms with Crippen molar-refractivity contribution in [3.05, 3.63) is 29.3 Å². The van der Waals surface area contributed by atoms with Gasteiger partial charge >= 0.3 is 5.97 Å². The van der Waals surface area contributed by atoms with Crippen LogP contribution in [0.3, 0.4) is 0 Å². The minimum atomic E-state index is -0.877. The summed E-state index contributed by atoms with van der Waals surface area (Å²) in [6, 6.07) is 5.29. The van der Waals surface area contributed by atoms with Crippen molar-refractivity contribution < 1.29 is 9.90 Å². The Morgan fingerprint density at radius 2 is 2.33 bits per heavy atom. The van der Waals surface area contributed by atoms with Crippen LogP contribution in [-0.4, -0.2) is 30.7 Å². The number of fused-ring (bicyclic) bond motifs is 1. The van der Waals surface area contributed by atoms with E-state index in [0.29, 0.717) is 12.1 Å². The first-order valence-corrected chi connectivity index (χ1v) is 5.03. The Kier molecular flexibility index (Phi) is 2.60. The monoisotopic (exact) mass is 206 g/mol. The van der Waals surface area contributed by atoms with E-state index in [9.17, 15) is 4.79 Å². The van der Waals surface area contributed by atoms with Gasteiger partial charge in [0.25, 0.3) is 0 Å². The number of nitrogens with two attached hydrogens (primary N) is 1. The number of carbonyl (C=O) groups is 1. The quantitative estimate of drug-likeness (QED) is 0.764. The molecule has 15 heavy (non-hydrogen) atoms. The van der Waals surface area contributed by atoms with Crippen molar-refractivity contribution in [2.24, 2.45) is 5.73 Å². The van der Waals surface area contributed by atoms with E-state index in [-0.39, 0.29) is 0 Å². The van der Waals surface area contributed by atoms with Gasteiger partial charge in [-0.1, -0.05) is 6.07 Å². The van der Waals surface area contributed by atoms with Gasteiger partial charge in [-0.25, -0.2) is 4.79 Å². The second-order valence-corrected chi connectivity index (χ2v) is 3.67. The van der Waals surface area contributed by atoms with Crippen LogP contribution in [0.1, 0.15) is 15.9 Å². The molecule has 0 bridgehead atoms. The van der Waals surface area contributed by atoms with Gasteiger partial charge in [-0.05, 0) is 24.1 Å². The molecule has 2 rings (SSSR count). The molecule has 1 heterocycles. The average Bonchev–Trinajstić information content (AvgIpc) is 2.61. The second kappa shape index (κ2) is 3.90. The highest BCUT2D eigenvalue weighted by atomic mass is 16.4. The van der Waals surface area contributed by atoms with Gasteiger partial charge < -0.3 is 15.7 Å². The van der Waals surface area contributed by atoms with E-state index in [2.05, 4.69) is 4.90 Å². The van der Waals surface area contributed by atoms with Crippen LogP contribution >= 0.6 is 0 Å². The van der Waals surface area contributed by atoms with E-state index in [1.165, 1.54) is 5.56 Å². The molecule has 0 saturated carbocycles. The van der Waals surface area contributed by atoms with Crippen molar-refractivity contribution in [2.75, 3.05) is 24.5 Å². The minimum Gasteiger partial charge on any atom is -0.478 e. The Morgan fingerprint density at radius 3 is 3.00 bits per heavy atom. The summed E-state index contributed by atoms with van der Waals surface area (Å²) in [5, 5.41) is 8.89. The van der Waals surface area contributed by atoms with Crippen LogP contribution in [0.4, 0.5) is 5.69 Å². The number of nitrogens with zero attached hydrogens (tertiary/aromatic N) is 1. The molecule has 1 aliphatic rings. The van der Waals surface area contributed by atoms with Gasteiger partial charge in [0.2, 0.25) is 0 Å². The summed E-state index contributed by atoms with van der Waals surface area (Å²) in [6.07, 6.45) is 0.981. The zero-order chi connectivity index (χ0) is 10.8. The summed E-state index contributed by atoms with van der Waals surface area (Å²) in [4.78, 5) is 13.0. The lowest BCUT2D eigenvalue weighted by Crippen LogP contribution is -2.27. The molecule has 0 saturated heterocycles. The summed E-state index contributed by atoms with van der Waals surface area (Å²) < 4.78 is 0. The molecule has 80 valence electrons.